The maximum Gasteiger partial charge on any atom is 0.268 e. The van der Waals surface area contributed by atoms with Crippen LogP contribution in [0.15, 0.2) is 34.4 Å². The number of nitriles is 1. The standard InChI is InChI=1S/C15H11FN4OS/c1-20(12-4-2-3-10(16)9(12)7-17)8-13-18-11-5-6-22-14(11)15(21)19-13/h2-6H,8H2,1H3,(H,18,19,21). The molecule has 0 spiro atoms. The fourth-order valence-corrected chi connectivity index (χ4v) is 2.97. The summed E-state index contributed by atoms with van der Waals surface area (Å²) in [6, 6.07) is 8.08. The number of nitrogens with one attached hydrogen (secondary N) is 1. The van der Waals surface area contributed by atoms with Crippen molar-refractivity contribution in [3.05, 3.63) is 57.2 Å². The van der Waals surface area contributed by atoms with E-state index >= 15 is 0 Å². The van der Waals surface area contributed by atoms with Crippen molar-refractivity contribution in [3.63, 3.8) is 0 Å². The number of anilines is 1. The molecule has 0 fully saturated rings. The van der Waals surface area contributed by atoms with Gasteiger partial charge in [0.05, 0.1) is 17.7 Å². The van der Waals surface area contributed by atoms with E-state index in [1.165, 1.54) is 17.4 Å². The average molecular weight is 314 g/mol. The molecular formula is C15H11FN4OS. The van der Waals surface area contributed by atoms with Gasteiger partial charge in [-0.2, -0.15) is 5.26 Å². The summed E-state index contributed by atoms with van der Waals surface area (Å²) >= 11 is 1.33. The van der Waals surface area contributed by atoms with E-state index in [-0.39, 0.29) is 17.7 Å². The summed E-state index contributed by atoms with van der Waals surface area (Å²) in [6.07, 6.45) is 0. The zero-order chi connectivity index (χ0) is 15.7. The second-order valence-electron chi connectivity index (χ2n) is 4.75. The van der Waals surface area contributed by atoms with E-state index in [0.29, 0.717) is 21.7 Å². The quantitative estimate of drug-likeness (QED) is 0.806. The Bertz CT molecular complexity index is 941. The van der Waals surface area contributed by atoms with Crippen LogP contribution in [0.1, 0.15) is 11.4 Å². The molecule has 2 aromatic heterocycles. The third kappa shape index (κ3) is 2.44. The van der Waals surface area contributed by atoms with Gasteiger partial charge in [-0.25, -0.2) is 9.37 Å². The Morgan fingerprint density at radius 3 is 3.05 bits per heavy atom. The van der Waals surface area contributed by atoms with Crippen molar-refractivity contribution in [1.82, 2.24) is 9.97 Å². The summed E-state index contributed by atoms with van der Waals surface area (Å²) in [4.78, 5) is 20.7. The monoisotopic (exact) mass is 314 g/mol. The summed E-state index contributed by atoms with van der Waals surface area (Å²) in [5, 5.41) is 10.9. The molecule has 2 heterocycles. The number of thiophene rings is 1. The number of nitrogens with zero attached hydrogens (tertiary/aromatic N) is 3. The van der Waals surface area contributed by atoms with E-state index in [0.717, 1.165) is 0 Å². The molecule has 0 aliphatic carbocycles. The molecule has 3 rings (SSSR count). The van der Waals surface area contributed by atoms with Gasteiger partial charge in [-0.05, 0) is 23.6 Å². The first-order valence-electron chi connectivity index (χ1n) is 6.46. The van der Waals surface area contributed by atoms with Crippen molar-refractivity contribution < 1.29 is 4.39 Å². The van der Waals surface area contributed by atoms with Crippen LogP contribution >= 0.6 is 11.3 Å². The van der Waals surface area contributed by atoms with Crippen molar-refractivity contribution in [3.8, 4) is 6.07 Å². The fraction of sp³-hybridized carbons (Fsp3) is 0.133. The van der Waals surface area contributed by atoms with E-state index in [1.54, 1.807) is 35.5 Å². The molecule has 0 aliphatic heterocycles. The average Bonchev–Trinajstić information content (AvgIpc) is 2.95. The summed E-state index contributed by atoms with van der Waals surface area (Å²) in [5.41, 5.74) is 0.875. The van der Waals surface area contributed by atoms with Crippen LogP contribution in [0, 0.1) is 17.1 Å². The predicted molar refractivity (Wildman–Crippen MR) is 83.5 cm³/mol. The van der Waals surface area contributed by atoms with Gasteiger partial charge in [0.2, 0.25) is 0 Å². The Labute approximate surface area is 129 Å². The van der Waals surface area contributed by atoms with Crippen LogP contribution in [0.5, 0.6) is 0 Å². The Hall–Kier alpha value is -2.72. The number of aromatic nitrogens is 2. The maximum atomic E-state index is 13.7. The summed E-state index contributed by atoms with van der Waals surface area (Å²) in [6.45, 7) is 0.263. The highest BCUT2D eigenvalue weighted by Crippen LogP contribution is 2.22. The van der Waals surface area contributed by atoms with Gasteiger partial charge in [-0.1, -0.05) is 6.07 Å². The lowest BCUT2D eigenvalue weighted by Gasteiger charge is -2.20. The van der Waals surface area contributed by atoms with Crippen LogP contribution in [0.4, 0.5) is 10.1 Å². The van der Waals surface area contributed by atoms with E-state index in [9.17, 15) is 9.18 Å². The molecule has 0 bridgehead atoms. The van der Waals surface area contributed by atoms with Crippen LogP contribution in [0.2, 0.25) is 0 Å². The molecular weight excluding hydrogens is 303 g/mol. The Balaban J connectivity index is 1.97. The number of H-pyrrole nitrogens is 1. The Kier molecular flexibility index (Phi) is 3.61. The summed E-state index contributed by atoms with van der Waals surface area (Å²) in [7, 11) is 1.72. The van der Waals surface area contributed by atoms with Gasteiger partial charge in [0.1, 0.15) is 28.0 Å². The Morgan fingerprint density at radius 1 is 1.45 bits per heavy atom. The largest absolute Gasteiger partial charge is 0.366 e. The lowest BCUT2D eigenvalue weighted by atomic mass is 10.1. The highest BCUT2D eigenvalue weighted by Gasteiger charge is 2.13. The van der Waals surface area contributed by atoms with Crippen molar-refractivity contribution in [2.75, 3.05) is 11.9 Å². The molecule has 0 saturated carbocycles. The normalized spacial score (nSPS) is 10.6. The highest BCUT2D eigenvalue weighted by molar-refractivity contribution is 7.17. The molecule has 0 aliphatic rings. The third-order valence-corrected chi connectivity index (χ3v) is 4.17. The summed E-state index contributed by atoms with van der Waals surface area (Å²) in [5.74, 6) is -0.104. The maximum absolute atomic E-state index is 13.7. The van der Waals surface area contributed by atoms with Gasteiger partial charge in [0.15, 0.2) is 0 Å². The second kappa shape index (κ2) is 5.58. The van der Waals surface area contributed by atoms with Crippen molar-refractivity contribution in [2.45, 2.75) is 6.54 Å². The highest BCUT2D eigenvalue weighted by atomic mass is 32.1. The summed E-state index contributed by atoms with van der Waals surface area (Å²) < 4.78 is 14.2. The Morgan fingerprint density at radius 2 is 2.27 bits per heavy atom. The number of benzene rings is 1. The minimum absolute atomic E-state index is 0.0241. The molecule has 0 saturated heterocycles. The van der Waals surface area contributed by atoms with Crippen LogP contribution in [0.3, 0.4) is 0 Å². The minimum Gasteiger partial charge on any atom is -0.366 e. The number of halogens is 1. The molecule has 0 amide bonds. The van der Waals surface area contributed by atoms with Crippen molar-refractivity contribution in [2.24, 2.45) is 0 Å². The number of fused-ring (bicyclic) bond motifs is 1. The number of rotatable bonds is 3. The molecule has 3 aromatic rings. The van der Waals surface area contributed by atoms with Crippen molar-refractivity contribution in [1.29, 1.82) is 5.26 Å². The molecule has 1 aromatic carbocycles. The van der Waals surface area contributed by atoms with Crippen LogP contribution < -0.4 is 10.5 Å². The SMILES string of the molecule is CN(Cc1nc2ccsc2c(=O)[nH]1)c1cccc(F)c1C#N. The zero-order valence-electron chi connectivity index (χ0n) is 11.6. The zero-order valence-corrected chi connectivity index (χ0v) is 12.4. The molecule has 1 N–H and O–H groups in total. The molecule has 22 heavy (non-hydrogen) atoms. The van der Waals surface area contributed by atoms with E-state index in [2.05, 4.69) is 9.97 Å². The van der Waals surface area contributed by atoms with Crippen LogP contribution in [-0.2, 0) is 6.54 Å². The molecule has 0 unspecified atom stereocenters. The molecule has 0 atom stereocenters. The molecule has 110 valence electrons. The van der Waals surface area contributed by atoms with Gasteiger partial charge in [-0.15, -0.1) is 11.3 Å². The van der Waals surface area contributed by atoms with Crippen molar-refractivity contribution >= 4 is 27.2 Å². The van der Waals surface area contributed by atoms with E-state index in [1.807, 2.05) is 6.07 Å². The molecule has 0 radical (unpaired) electrons. The van der Waals surface area contributed by atoms with Crippen LogP contribution in [-0.4, -0.2) is 17.0 Å². The van der Waals surface area contributed by atoms with E-state index < -0.39 is 5.82 Å². The predicted octanol–water partition coefficient (Wildman–Crippen LogP) is 2.63. The molecule has 5 nitrogen and oxygen atoms in total. The number of aromatic amines is 1. The minimum atomic E-state index is -0.568. The second-order valence-corrected chi connectivity index (χ2v) is 5.67. The number of hydrogen-bond acceptors (Lipinski definition) is 5. The van der Waals surface area contributed by atoms with E-state index in [4.69, 9.17) is 5.26 Å². The first-order chi connectivity index (χ1) is 10.6. The first kappa shape index (κ1) is 14.2. The topological polar surface area (TPSA) is 72.8 Å². The lowest BCUT2D eigenvalue weighted by molar-refractivity contribution is 0.623. The third-order valence-electron chi connectivity index (χ3n) is 3.27. The lowest BCUT2D eigenvalue weighted by Crippen LogP contribution is -2.22. The van der Waals surface area contributed by atoms with Gasteiger partial charge < -0.3 is 9.88 Å². The smallest absolute Gasteiger partial charge is 0.268 e. The van der Waals surface area contributed by atoms with Gasteiger partial charge in [0, 0.05) is 7.05 Å². The van der Waals surface area contributed by atoms with Gasteiger partial charge >= 0.3 is 0 Å². The van der Waals surface area contributed by atoms with Crippen LogP contribution in [0.25, 0.3) is 10.2 Å². The molecule has 7 heteroatoms. The fourth-order valence-electron chi connectivity index (χ4n) is 2.25. The number of hydrogen-bond donors (Lipinski definition) is 1. The van der Waals surface area contributed by atoms with Gasteiger partial charge in [-0.3, -0.25) is 4.79 Å². The first-order valence-corrected chi connectivity index (χ1v) is 7.34. The van der Waals surface area contributed by atoms with Gasteiger partial charge in [0.25, 0.3) is 5.56 Å².